The van der Waals surface area contributed by atoms with E-state index in [0.717, 1.165) is 35.7 Å². The summed E-state index contributed by atoms with van der Waals surface area (Å²) in [4.78, 5) is 25.1. The first-order valence-corrected chi connectivity index (χ1v) is 9.04. The summed E-state index contributed by atoms with van der Waals surface area (Å²) in [6.45, 7) is 11.6. The summed E-state index contributed by atoms with van der Waals surface area (Å²) in [6.07, 6.45) is 5.38. The molecule has 0 radical (unpaired) electrons. The third kappa shape index (κ3) is 3.95. The van der Waals surface area contributed by atoms with E-state index in [1.807, 2.05) is 29.6 Å². The van der Waals surface area contributed by atoms with Gasteiger partial charge in [0.25, 0.3) is 0 Å². The Morgan fingerprint density at radius 3 is 2.58 bits per heavy atom. The third-order valence-electron chi connectivity index (χ3n) is 4.80. The van der Waals surface area contributed by atoms with Crippen LogP contribution in [0.15, 0.2) is 18.7 Å². The van der Waals surface area contributed by atoms with Crippen molar-refractivity contribution in [1.29, 1.82) is 0 Å². The molecule has 0 spiro atoms. The van der Waals surface area contributed by atoms with Crippen LogP contribution >= 0.6 is 0 Å². The zero-order valence-corrected chi connectivity index (χ0v) is 15.9. The van der Waals surface area contributed by atoms with Gasteiger partial charge in [0.1, 0.15) is 12.1 Å². The van der Waals surface area contributed by atoms with Crippen LogP contribution in [0.25, 0.3) is 0 Å². The van der Waals surface area contributed by atoms with E-state index in [1.54, 1.807) is 12.5 Å². The number of nitrogens with one attached hydrogen (secondary N) is 1. The molecule has 2 aromatic rings. The van der Waals surface area contributed by atoms with Crippen LogP contribution in [0.5, 0.6) is 0 Å². The molecule has 0 aliphatic carbocycles. The summed E-state index contributed by atoms with van der Waals surface area (Å²) in [6, 6.07) is 0.291. The number of rotatable bonds is 4. The highest BCUT2D eigenvalue weighted by Crippen LogP contribution is 2.19. The van der Waals surface area contributed by atoms with Crippen LogP contribution in [-0.2, 0) is 6.54 Å². The number of hydrogen-bond donors (Lipinski definition) is 1. The fourth-order valence-electron chi connectivity index (χ4n) is 3.01. The predicted molar refractivity (Wildman–Crippen MR) is 100 cm³/mol. The zero-order valence-electron chi connectivity index (χ0n) is 15.9. The molecule has 1 N–H and O–H groups in total. The first-order chi connectivity index (χ1) is 12.5. The molecule has 8 nitrogen and oxygen atoms in total. The Morgan fingerprint density at radius 1 is 1.19 bits per heavy atom. The lowest BCUT2D eigenvalue weighted by molar-refractivity contribution is 0.194. The molecular formula is C18H27N7O. The standard InChI is InChI=1S/C18H27N7O/c1-13(2)25-11-16(10-22-25)9-19-18(26)24-7-5-23(6-8-24)17-14(3)15(4)20-12-21-17/h10-13H,5-9H2,1-4H3,(H,19,26). The highest BCUT2D eigenvalue weighted by atomic mass is 16.2. The highest BCUT2D eigenvalue weighted by Gasteiger charge is 2.23. The van der Waals surface area contributed by atoms with Gasteiger partial charge in [-0.15, -0.1) is 0 Å². The van der Waals surface area contributed by atoms with Crippen LogP contribution in [0.1, 0.15) is 36.7 Å². The van der Waals surface area contributed by atoms with Crippen molar-refractivity contribution in [2.45, 2.75) is 40.3 Å². The smallest absolute Gasteiger partial charge is 0.317 e. The van der Waals surface area contributed by atoms with Crippen LogP contribution in [0, 0.1) is 13.8 Å². The van der Waals surface area contributed by atoms with Crippen LogP contribution < -0.4 is 10.2 Å². The maximum absolute atomic E-state index is 12.4. The van der Waals surface area contributed by atoms with Gasteiger partial charge < -0.3 is 15.1 Å². The molecule has 0 bridgehead atoms. The van der Waals surface area contributed by atoms with Gasteiger partial charge >= 0.3 is 6.03 Å². The number of carbonyl (C=O) groups is 1. The normalized spacial score (nSPS) is 14.8. The quantitative estimate of drug-likeness (QED) is 0.904. The Morgan fingerprint density at radius 2 is 1.92 bits per heavy atom. The van der Waals surface area contributed by atoms with E-state index < -0.39 is 0 Å². The van der Waals surface area contributed by atoms with E-state index in [2.05, 4.69) is 39.1 Å². The fraction of sp³-hybridized carbons (Fsp3) is 0.556. The monoisotopic (exact) mass is 357 g/mol. The Kier molecular flexibility index (Phi) is 5.39. The minimum atomic E-state index is -0.0301. The molecule has 2 amide bonds. The maximum Gasteiger partial charge on any atom is 0.317 e. The van der Waals surface area contributed by atoms with Gasteiger partial charge in [-0.1, -0.05) is 0 Å². The number of piperazine rings is 1. The van der Waals surface area contributed by atoms with Gasteiger partial charge in [-0.25, -0.2) is 14.8 Å². The Bertz CT molecular complexity index is 763. The van der Waals surface area contributed by atoms with Crippen LogP contribution in [0.3, 0.4) is 0 Å². The number of anilines is 1. The van der Waals surface area contributed by atoms with Gasteiger partial charge in [0.2, 0.25) is 0 Å². The molecule has 0 saturated carbocycles. The molecule has 1 aliphatic rings. The topological polar surface area (TPSA) is 79.2 Å². The first-order valence-electron chi connectivity index (χ1n) is 9.04. The molecule has 2 aromatic heterocycles. The van der Waals surface area contributed by atoms with Gasteiger partial charge in [0, 0.05) is 61.8 Å². The Hall–Kier alpha value is -2.64. The van der Waals surface area contributed by atoms with E-state index in [4.69, 9.17) is 0 Å². The Labute approximate surface area is 154 Å². The number of aromatic nitrogens is 4. The SMILES string of the molecule is Cc1ncnc(N2CCN(C(=O)NCc3cnn(C(C)C)c3)CC2)c1C. The lowest BCUT2D eigenvalue weighted by Gasteiger charge is -2.36. The second kappa shape index (κ2) is 7.72. The maximum atomic E-state index is 12.4. The van der Waals surface area contributed by atoms with Crippen molar-refractivity contribution in [2.24, 2.45) is 0 Å². The molecule has 0 aromatic carbocycles. The van der Waals surface area contributed by atoms with E-state index in [0.29, 0.717) is 25.7 Å². The van der Waals surface area contributed by atoms with Crippen molar-refractivity contribution in [1.82, 2.24) is 30.0 Å². The van der Waals surface area contributed by atoms with Gasteiger partial charge in [0.15, 0.2) is 0 Å². The molecule has 0 atom stereocenters. The van der Waals surface area contributed by atoms with Crippen molar-refractivity contribution in [2.75, 3.05) is 31.1 Å². The molecule has 1 saturated heterocycles. The largest absolute Gasteiger partial charge is 0.353 e. The summed E-state index contributed by atoms with van der Waals surface area (Å²) in [7, 11) is 0. The molecule has 140 valence electrons. The van der Waals surface area contributed by atoms with Gasteiger partial charge in [0.05, 0.1) is 6.20 Å². The molecule has 0 unspecified atom stereocenters. The second-order valence-electron chi connectivity index (χ2n) is 6.96. The van der Waals surface area contributed by atoms with Crippen molar-refractivity contribution >= 4 is 11.8 Å². The number of urea groups is 1. The lowest BCUT2D eigenvalue weighted by atomic mass is 10.2. The second-order valence-corrected chi connectivity index (χ2v) is 6.96. The number of nitrogens with zero attached hydrogens (tertiary/aromatic N) is 6. The minimum absolute atomic E-state index is 0.0301. The number of carbonyl (C=O) groups excluding carboxylic acids is 1. The first kappa shape index (κ1) is 18.2. The van der Waals surface area contributed by atoms with Gasteiger partial charge in [-0.2, -0.15) is 5.10 Å². The van der Waals surface area contributed by atoms with E-state index in [-0.39, 0.29) is 6.03 Å². The molecule has 3 heterocycles. The van der Waals surface area contributed by atoms with Crippen molar-refractivity contribution in [3.05, 3.63) is 35.5 Å². The molecule has 1 aliphatic heterocycles. The molecular weight excluding hydrogens is 330 g/mol. The number of aryl methyl sites for hydroxylation is 1. The number of amides is 2. The average Bonchev–Trinajstić information content (AvgIpc) is 3.12. The predicted octanol–water partition coefficient (Wildman–Crippen LogP) is 1.90. The van der Waals surface area contributed by atoms with Gasteiger partial charge in [-0.3, -0.25) is 4.68 Å². The molecule has 3 rings (SSSR count). The molecule has 1 fully saturated rings. The summed E-state index contributed by atoms with van der Waals surface area (Å²) in [5.74, 6) is 0.971. The Balaban J connectivity index is 1.51. The van der Waals surface area contributed by atoms with Gasteiger partial charge in [-0.05, 0) is 27.7 Å². The summed E-state index contributed by atoms with van der Waals surface area (Å²) >= 11 is 0. The van der Waals surface area contributed by atoms with E-state index in [1.165, 1.54) is 0 Å². The van der Waals surface area contributed by atoms with Crippen molar-refractivity contribution in [3.63, 3.8) is 0 Å². The number of hydrogen-bond acceptors (Lipinski definition) is 5. The summed E-state index contributed by atoms with van der Waals surface area (Å²) in [5.41, 5.74) is 3.11. The lowest BCUT2D eigenvalue weighted by Crippen LogP contribution is -2.52. The zero-order chi connectivity index (χ0) is 18.7. The summed E-state index contributed by atoms with van der Waals surface area (Å²) in [5, 5.41) is 7.28. The van der Waals surface area contributed by atoms with Crippen molar-refractivity contribution < 1.29 is 4.79 Å². The van der Waals surface area contributed by atoms with Crippen LogP contribution in [-0.4, -0.2) is 56.9 Å². The average molecular weight is 357 g/mol. The van der Waals surface area contributed by atoms with Crippen LogP contribution in [0.2, 0.25) is 0 Å². The molecule has 26 heavy (non-hydrogen) atoms. The minimum Gasteiger partial charge on any atom is -0.353 e. The third-order valence-corrected chi connectivity index (χ3v) is 4.80. The van der Waals surface area contributed by atoms with E-state index in [9.17, 15) is 4.79 Å². The highest BCUT2D eigenvalue weighted by molar-refractivity contribution is 5.74. The molecule has 8 heteroatoms. The summed E-state index contributed by atoms with van der Waals surface area (Å²) < 4.78 is 1.90. The fourth-order valence-corrected chi connectivity index (χ4v) is 3.01. The van der Waals surface area contributed by atoms with E-state index >= 15 is 0 Å². The van der Waals surface area contributed by atoms with Crippen molar-refractivity contribution in [3.8, 4) is 0 Å². The van der Waals surface area contributed by atoms with Crippen LogP contribution in [0.4, 0.5) is 10.6 Å².